The maximum Gasteiger partial charge on any atom is 0.325 e. The molecule has 0 aliphatic rings. The minimum atomic E-state index is -0.998. The molecule has 0 radical (unpaired) electrons. The van der Waals surface area contributed by atoms with Crippen LogP contribution in [0.25, 0.3) is 0 Å². The third-order valence-electron chi connectivity index (χ3n) is 1.24. The van der Waals surface area contributed by atoms with Gasteiger partial charge in [-0.25, -0.2) is 0 Å². The lowest BCUT2D eigenvalue weighted by molar-refractivity contribution is -0.158. The van der Waals surface area contributed by atoms with Crippen molar-refractivity contribution in [2.75, 3.05) is 21.0 Å². The first-order valence-corrected chi connectivity index (χ1v) is 3.59. The highest BCUT2D eigenvalue weighted by Gasteiger charge is 2.18. The van der Waals surface area contributed by atoms with Crippen LogP contribution in [0.2, 0.25) is 0 Å². The van der Waals surface area contributed by atoms with Crippen LogP contribution < -0.4 is 5.73 Å². The van der Waals surface area contributed by atoms with Crippen LogP contribution in [0.15, 0.2) is 0 Å². The van der Waals surface area contributed by atoms with Crippen LogP contribution in [0.5, 0.6) is 0 Å². The van der Waals surface area contributed by atoms with Crippen LogP contribution in [-0.4, -0.2) is 39.0 Å². The Morgan fingerprint density at radius 2 is 2.00 bits per heavy atom. The first kappa shape index (κ1) is 11.9. The summed E-state index contributed by atoms with van der Waals surface area (Å²) in [6, 6.07) is -0.998. The van der Waals surface area contributed by atoms with E-state index in [1.165, 1.54) is 14.2 Å². The van der Waals surface area contributed by atoms with E-state index in [0.29, 0.717) is 0 Å². The fourth-order valence-electron chi connectivity index (χ4n) is 0.570. The maximum absolute atomic E-state index is 10.9. The molecular formula is C7H13NO5. The first-order chi connectivity index (χ1) is 6.11. The highest BCUT2D eigenvalue weighted by Crippen LogP contribution is 1.94. The quantitative estimate of drug-likeness (QED) is 0.444. The van der Waals surface area contributed by atoms with Gasteiger partial charge in [-0.3, -0.25) is 9.59 Å². The lowest BCUT2D eigenvalue weighted by Gasteiger charge is -2.08. The van der Waals surface area contributed by atoms with Gasteiger partial charge in [-0.15, -0.1) is 0 Å². The van der Waals surface area contributed by atoms with Gasteiger partial charge in [0.1, 0.15) is 6.04 Å². The number of ether oxygens (including phenoxy) is 3. The molecule has 0 fully saturated rings. The molecule has 0 amide bonds. The molecule has 0 aliphatic carbocycles. The van der Waals surface area contributed by atoms with Crippen LogP contribution in [0.1, 0.15) is 6.42 Å². The Bertz CT molecular complexity index is 182. The van der Waals surface area contributed by atoms with Gasteiger partial charge in [-0.2, -0.15) is 0 Å². The zero-order chi connectivity index (χ0) is 10.3. The van der Waals surface area contributed by atoms with Crippen LogP contribution >= 0.6 is 0 Å². The predicted molar refractivity (Wildman–Crippen MR) is 42.6 cm³/mol. The summed E-state index contributed by atoms with van der Waals surface area (Å²) in [7, 11) is 2.59. The van der Waals surface area contributed by atoms with Gasteiger partial charge in [0, 0.05) is 7.11 Å². The molecule has 0 heterocycles. The predicted octanol–water partition coefficient (Wildman–Crippen LogP) is -0.976. The van der Waals surface area contributed by atoms with Crippen molar-refractivity contribution in [3.05, 3.63) is 0 Å². The summed E-state index contributed by atoms with van der Waals surface area (Å²) in [5, 5.41) is 0. The average Bonchev–Trinajstić information content (AvgIpc) is 2.13. The molecule has 0 aromatic rings. The summed E-state index contributed by atoms with van der Waals surface area (Å²) in [5.41, 5.74) is 5.30. The second-order valence-corrected chi connectivity index (χ2v) is 2.26. The van der Waals surface area contributed by atoms with Crippen molar-refractivity contribution in [1.82, 2.24) is 0 Å². The number of methoxy groups -OCH3 is 2. The van der Waals surface area contributed by atoms with Crippen molar-refractivity contribution < 1.29 is 23.8 Å². The molecule has 0 aromatic carbocycles. The molecule has 0 rings (SSSR count). The van der Waals surface area contributed by atoms with Gasteiger partial charge in [-0.05, 0) is 0 Å². The number of nitrogens with two attached hydrogens (primary N) is 1. The minimum absolute atomic E-state index is 0.173. The number of carbonyl (C=O) groups excluding carboxylic acids is 2. The van der Waals surface area contributed by atoms with Gasteiger partial charge in [0.2, 0.25) is 0 Å². The Morgan fingerprint density at radius 3 is 2.46 bits per heavy atom. The second kappa shape index (κ2) is 6.38. The molecule has 0 bridgehead atoms. The molecule has 0 aliphatic heterocycles. The number of rotatable bonds is 5. The van der Waals surface area contributed by atoms with E-state index in [1.54, 1.807) is 0 Å². The highest BCUT2D eigenvalue weighted by molar-refractivity contribution is 5.82. The van der Waals surface area contributed by atoms with E-state index in [9.17, 15) is 9.59 Å². The Kier molecular flexibility index (Phi) is 5.82. The molecule has 1 atom stereocenters. The van der Waals surface area contributed by atoms with Crippen molar-refractivity contribution >= 4 is 11.9 Å². The monoisotopic (exact) mass is 191 g/mol. The lowest BCUT2D eigenvalue weighted by atomic mass is 10.2. The van der Waals surface area contributed by atoms with E-state index in [2.05, 4.69) is 14.2 Å². The Hall–Kier alpha value is -1.14. The molecule has 0 spiro atoms. The summed E-state index contributed by atoms with van der Waals surface area (Å²) in [6.45, 7) is -0.173. The van der Waals surface area contributed by atoms with Gasteiger partial charge < -0.3 is 19.9 Å². The van der Waals surface area contributed by atoms with E-state index in [0.717, 1.165) is 0 Å². The van der Waals surface area contributed by atoms with E-state index in [1.807, 2.05) is 0 Å². The maximum atomic E-state index is 10.9. The summed E-state index contributed by atoms with van der Waals surface area (Å²) in [5.74, 6) is -1.24. The largest absolute Gasteiger partial charge is 0.469 e. The number of esters is 2. The third kappa shape index (κ3) is 5.15. The van der Waals surface area contributed by atoms with Crippen molar-refractivity contribution in [3.8, 4) is 0 Å². The van der Waals surface area contributed by atoms with Gasteiger partial charge in [0.25, 0.3) is 0 Å². The first-order valence-electron chi connectivity index (χ1n) is 3.59. The Labute approximate surface area is 75.9 Å². The fourth-order valence-corrected chi connectivity index (χ4v) is 0.570. The number of hydrogen-bond donors (Lipinski definition) is 1. The van der Waals surface area contributed by atoms with Crippen molar-refractivity contribution in [1.29, 1.82) is 0 Å². The lowest BCUT2D eigenvalue weighted by Crippen LogP contribution is -2.35. The van der Waals surface area contributed by atoms with Gasteiger partial charge >= 0.3 is 11.9 Å². The highest BCUT2D eigenvalue weighted by atomic mass is 16.7. The standard InChI is InChI=1S/C7H13NO5/c1-11-4-13-7(10)5(8)3-6(9)12-2/h5H,3-4,8H2,1-2H3. The van der Waals surface area contributed by atoms with Crippen molar-refractivity contribution in [3.63, 3.8) is 0 Å². The number of carbonyl (C=O) groups is 2. The summed E-state index contributed by atoms with van der Waals surface area (Å²) in [4.78, 5) is 21.6. The fraction of sp³-hybridized carbons (Fsp3) is 0.714. The van der Waals surface area contributed by atoms with Crippen molar-refractivity contribution in [2.24, 2.45) is 5.73 Å². The molecule has 0 saturated carbocycles. The van der Waals surface area contributed by atoms with E-state index in [4.69, 9.17) is 5.73 Å². The molecule has 1 unspecified atom stereocenters. The molecule has 0 saturated heterocycles. The SMILES string of the molecule is COCOC(=O)C(N)CC(=O)OC. The van der Waals surface area contributed by atoms with Gasteiger partial charge in [-0.1, -0.05) is 0 Å². The summed E-state index contributed by atoms with van der Waals surface area (Å²) in [6.07, 6.45) is -0.195. The van der Waals surface area contributed by atoms with Crippen LogP contribution in [0.3, 0.4) is 0 Å². The molecular weight excluding hydrogens is 178 g/mol. The molecule has 13 heavy (non-hydrogen) atoms. The van der Waals surface area contributed by atoms with Gasteiger partial charge in [0.15, 0.2) is 6.79 Å². The zero-order valence-corrected chi connectivity index (χ0v) is 7.61. The number of hydrogen-bond acceptors (Lipinski definition) is 6. The normalized spacial score (nSPS) is 11.9. The van der Waals surface area contributed by atoms with Crippen LogP contribution in [0.4, 0.5) is 0 Å². The smallest absolute Gasteiger partial charge is 0.325 e. The Balaban J connectivity index is 3.75. The third-order valence-corrected chi connectivity index (χ3v) is 1.24. The Morgan fingerprint density at radius 1 is 1.38 bits per heavy atom. The zero-order valence-electron chi connectivity index (χ0n) is 7.61. The van der Waals surface area contributed by atoms with E-state index >= 15 is 0 Å². The second-order valence-electron chi connectivity index (χ2n) is 2.26. The van der Waals surface area contributed by atoms with Crippen molar-refractivity contribution in [2.45, 2.75) is 12.5 Å². The topological polar surface area (TPSA) is 87.9 Å². The molecule has 6 heteroatoms. The molecule has 76 valence electrons. The average molecular weight is 191 g/mol. The summed E-state index contributed by atoms with van der Waals surface area (Å²) >= 11 is 0. The molecule has 0 aromatic heterocycles. The minimum Gasteiger partial charge on any atom is -0.469 e. The van der Waals surface area contributed by atoms with Crippen LogP contribution in [-0.2, 0) is 23.8 Å². The van der Waals surface area contributed by atoms with Crippen LogP contribution in [0, 0.1) is 0 Å². The van der Waals surface area contributed by atoms with Gasteiger partial charge in [0.05, 0.1) is 13.5 Å². The molecule has 6 nitrogen and oxygen atoms in total. The van der Waals surface area contributed by atoms with E-state index < -0.39 is 18.0 Å². The van der Waals surface area contributed by atoms with E-state index in [-0.39, 0.29) is 13.2 Å². The summed E-state index contributed by atoms with van der Waals surface area (Å²) < 4.78 is 13.3. The molecule has 2 N–H and O–H groups in total.